The highest BCUT2D eigenvalue weighted by Gasteiger charge is 2.17. The summed E-state index contributed by atoms with van der Waals surface area (Å²) < 4.78 is 14.9. The summed E-state index contributed by atoms with van der Waals surface area (Å²) in [6.07, 6.45) is 0.794. The van der Waals surface area contributed by atoms with E-state index in [1.54, 1.807) is 42.5 Å². The Kier molecular flexibility index (Phi) is 7.63. The summed E-state index contributed by atoms with van der Waals surface area (Å²) in [4.78, 5) is 43.2. The third-order valence-corrected chi connectivity index (χ3v) is 6.41. The van der Waals surface area contributed by atoms with Gasteiger partial charge in [-0.2, -0.15) is 0 Å². The van der Waals surface area contributed by atoms with Gasteiger partial charge in [0.2, 0.25) is 0 Å². The number of rotatable bonds is 8. The number of carbonyl (C=O) groups is 2. The van der Waals surface area contributed by atoms with Crippen LogP contribution in [0, 0.1) is 5.82 Å². The van der Waals surface area contributed by atoms with E-state index in [-0.39, 0.29) is 28.2 Å². The van der Waals surface area contributed by atoms with E-state index in [0.717, 1.165) is 18.2 Å². The van der Waals surface area contributed by atoms with Gasteiger partial charge in [-0.15, -0.1) is 0 Å². The number of fused-ring (bicyclic) bond motifs is 1. The first-order chi connectivity index (χ1) is 16.9. The smallest absolute Gasteiger partial charge is 0.266 e. The number of Topliss-reactive ketones (excluding diaryl/α,β-unsaturated/α-hetero) is 1. The van der Waals surface area contributed by atoms with Crippen LogP contribution in [-0.4, -0.2) is 33.5 Å². The predicted octanol–water partition coefficient (Wildman–Crippen LogP) is 5.29. The van der Waals surface area contributed by atoms with Crippen LogP contribution in [0.3, 0.4) is 0 Å². The van der Waals surface area contributed by atoms with Crippen LogP contribution in [0.25, 0.3) is 16.6 Å². The Morgan fingerprint density at radius 1 is 1.03 bits per heavy atom. The van der Waals surface area contributed by atoms with Crippen LogP contribution in [0.5, 0.6) is 0 Å². The number of thioether (sulfide) groups is 1. The van der Waals surface area contributed by atoms with Gasteiger partial charge in [-0.1, -0.05) is 30.3 Å². The van der Waals surface area contributed by atoms with Gasteiger partial charge in [-0.3, -0.25) is 19.0 Å². The van der Waals surface area contributed by atoms with E-state index in [2.05, 4.69) is 10.3 Å². The van der Waals surface area contributed by atoms with Crippen molar-refractivity contribution in [2.75, 3.05) is 12.3 Å². The first-order valence-electron chi connectivity index (χ1n) is 10.9. The Balaban J connectivity index is 1.76. The second kappa shape index (κ2) is 10.8. The van der Waals surface area contributed by atoms with Gasteiger partial charge in [0.25, 0.3) is 11.5 Å². The molecule has 0 radical (unpaired) electrons. The summed E-state index contributed by atoms with van der Waals surface area (Å²) in [7, 11) is 0. The Morgan fingerprint density at radius 2 is 1.71 bits per heavy atom. The molecular weight excluding hydrogens is 489 g/mol. The Hall–Kier alpha value is -3.49. The number of ketones is 1. The van der Waals surface area contributed by atoms with Crippen molar-refractivity contribution in [2.45, 2.75) is 18.5 Å². The molecule has 1 N–H and O–H groups in total. The molecule has 0 atom stereocenters. The number of aromatic nitrogens is 2. The number of hydrogen-bond acceptors (Lipinski definition) is 5. The molecule has 4 aromatic rings. The highest BCUT2D eigenvalue weighted by atomic mass is 35.5. The minimum atomic E-state index is -0.439. The summed E-state index contributed by atoms with van der Waals surface area (Å²) in [5.74, 6) is -0.854. The Labute approximate surface area is 210 Å². The second-order valence-electron chi connectivity index (χ2n) is 7.72. The summed E-state index contributed by atoms with van der Waals surface area (Å²) >= 11 is 6.99. The molecule has 0 saturated heterocycles. The number of carbonyl (C=O) groups excluding carboxylic acids is 2. The molecule has 0 aliphatic rings. The van der Waals surface area contributed by atoms with E-state index in [1.165, 1.54) is 28.8 Å². The molecule has 0 aliphatic heterocycles. The fourth-order valence-electron chi connectivity index (χ4n) is 3.41. The van der Waals surface area contributed by atoms with Crippen LogP contribution in [0.1, 0.15) is 34.1 Å². The van der Waals surface area contributed by atoms with Crippen molar-refractivity contribution >= 4 is 46.0 Å². The molecule has 178 valence electrons. The fraction of sp³-hybridized carbons (Fsp3) is 0.154. The molecule has 0 saturated carbocycles. The van der Waals surface area contributed by atoms with Crippen molar-refractivity contribution < 1.29 is 14.0 Å². The molecule has 4 rings (SSSR count). The average Bonchev–Trinajstić information content (AvgIpc) is 2.86. The third-order valence-electron chi connectivity index (χ3n) is 5.22. The number of nitrogens with one attached hydrogen (secondary N) is 1. The Morgan fingerprint density at radius 3 is 2.40 bits per heavy atom. The van der Waals surface area contributed by atoms with Gasteiger partial charge in [0.15, 0.2) is 10.9 Å². The number of hydrogen-bond donors (Lipinski definition) is 1. The molecule has 0 aliphatic carbocycles. The molecule has 9 heteroatoms. The maximum Gasteiger partial charge on any atom is 0.266 e. The zero-order valence-electron chi connectivity index (χ0n) is 18.8. The molecule has 1 heterocycles. The molecule has 1 amide bonds. The van der Waals surface area contributed by atoms with E-state index in [4.69, 9.17) is 11.6 Å². The van der Waals surface area contributed by atoms with Crippen molar-refractivity contribution in [1.82, 2.24) is 14.9 Å². The molecule has 6 nitrogen and oxygen atoms in total. The van der Waals surface area contributed by atoms with Crippen LogP contribution >= 0.6 is 23.4 Å². The van der Waals surface area contributed by atoms with E-state index in [1.807, 2.05) is 6.92 Å². The van der Waals surface area contributed by atoms with Crippen molar-refractivity contribution in [3.8, 4) is 5.69 Å². The molecule has 0 spiro atoms. The molecule has 35 heavy (non-hydrogen) atoms. The maximum absolute atomic E-state index is 13.5. The van der Waals surface area contributed by atoms with Crippen molar-refractivity contribution in [3.63, 3.8) is 0 Å². The van der Waals surface area contributed by atoms with Gasteiger partial charge in [-0.25, -0.2) is 9.37 Å². The van der Waals surface area contributed by atoms with E-state index < -0.39 is 5.82 Å². The lowest BCUT2D eigenvalue weighted by Gasteiger charge is -2.14. The van der Waals surface area contributed by atoms with Crippen LogP contribution in [0.2, 0.25) is 5.02 Å². The highest BCUT2D eigenvalue weighted by Crippen LogP contribution is 2.23. The SMILES string of the molecule is CCCNC(=O)c1ccc2c(=O)n(-c3ccc(F)cc3)c(SCC(=O)c3ccc(Cl)cc3)nc2c1. The molecule has 0 bridgehead atoms. The van der Waals surface area contributed by atoms with E-state index in [0.29, 0.717) is 39.3 Å². The standard InChI is InChI=1S/C26H21ClFN3O3S/c1-2-13-29-24(33)17-5-12-21-22(14-17)30-26(31(25(21)34)20-10-8-19(28)9-11-20)35-15-23(32)16-3-6-18(27)7-4-16/h3-12,14H,2,13,15H2,1H3,(H,29,33). The van der Waals surface area contributed by atoms with Gasteiger partial charge >= 0.3 is 0 Å². The normalized spacial score (nSPS) is 10.9. The molecule has 0 fully saturated rings. The lowest BCUT2D eigenvalue weighted by Crippen LogP contribution is -2.25. The van der Waals surface area contributed by atoms with Gasteiger partial charge < -0.3 is 5.32 Å². The summed E-state index contributed by atoms with van der Waals surface area (Å²) in [5, 5.41) is 3.88. The lowest BCUT2D eigenvalue weighted by molar-refractivity contribution is 0.0952. The van der Waals surface area contributed by atoms with Crippen LogP contribution in [0.15, 0.2) is 76.7 Å². The fourth-order valence-corrected chi connectivity index (χ4v) is 4.44. The predicted molar refractivity (Wildman–Crippen MR) is 136 cm³/mol. The Bertz CT molecular complexity index is 1450. The average molecular weight is 510 g/mol. The van der Waals surface area contributed by atoms with Crippen LogP contribution < -0.4 is 10.9 Å². The molecule has 0 unspecified atom stereocenters. The first kappa shape index (κ1) is 24.6. The topological polar surface area (TPSA) is 81.1 Å². The molecule has 3 aromatic carbocycles. The zero-order valence-corrected chi connectivity index (χ0v) is 20.3. The molecular formula is C26H21ClFN3O3S. The minimum Gasteiger partial charge on any atom is -0.352 e. The van der Waals surface area contributed by atoms with Gasteiger partial charge in [0, 0.05) is 22.7 Å². The summed E-state index contributed by atoms with van der Waals surface area (Å²) in [5.41, 5.74) is 1.22. The lowest BCUT2D eigenvalue weighted by atomic mass is 10.1. The van der Waals surface area contributed by atoms with Crippen LogP contribution in [0.4, 0.5) is 4.39 Å². The van der Waals surface area contributed by atoms with Crippen molar-refractivity contribution in [1.29, 1.82) is 0 Å². The number of amides is 1. The summed E-state index contributed by atoms with van der Waals surface area (Å²) in [6, 6.07) is 16.7. The van der Waals surface area contributed by atoms with Gasteiger partial charge in [-0.05, 0) is 73.2 Å². The summed E-state index contributed by atoms with van der Waals surface area (Å²) in [6.45, 7) is 2.49. The third kappa shape index (κ3) is 5.61. The van der Waals surface area contributed by atoms with E-state index in [9.17, 15) is 18.8 Å². The monoisotopic (exact) mass is 509 g/mol. The molecule has 1 aromatic heterocycles. The highest BCUT2D eigenvalue weighted by molar-refractivity contribution is 7.99. The van der Waals surface area contributed by atoms with Crippen LogP contribution in [-0.2, 0) is 0 Å². The van der Waals surface area contributed by atoms with Crippen molar-refractivity contribution in [3.05, 3.63) is 99.1 Å². The van der Waals surface area contributed by atoms with Crippen molar-refractivity contribution in [2.24, 2.45) is 0 Å². The van der Waals surface area contributed by atoms with Gasteiger partial charge in [0.05, 0.1) is 22.3 Å². The van der Waals surface area contributed by atoms with Gasteiger partial charge in [0.1, 0.15) is 5.82 Å². The zero-order chi connectivity index (χ0) is 24.9. The largest absolute Gasteiger partial charge is 0.352 e. The maximum atomic E-state index is 13.5. The first-order valence-corrected chi connectivity index (χ1v) is 12.3. The number of benzene rings is 3. The van der Waals surface area contributed by atoms with E-state index >= 15 is 0 Å². The number of halogens is 2. The quantitative estimate of drug-likeness (QED) is 0.198. The second-order valence-corrected chi connectivity index (χ2v) is 9.10. The minimum absolute atomic E-state index is 0.0114. The number of nitrogens with zero attached hydrogens (tertiary/aromatic N) is 2.